The van der Waals surface area contributed by atoms with Crippen molar-refractivity contribution in [1.29, 1.82) is 0 Å². The Morgan fingerprint density at radius 2 is 1.23 bits per heavy atom. The first kappa shape index (κ1) is 38.7. The van der Waals surface area contributed by atoms with Crippen molar-refractivity contribution in [2.75, 3.05) is 13.1 Å². The molecular weight excluding hydrogens is 624 g/mol. The summed E-state index contributed by atoms with van der Waals surface area (Å²) < 4.78 is 0. The van der Waals surface area contributed by atoms with Crippen LogP contribution in [0.4, 0.5) is 0 Å². The standard InChI is InChI=1S/C32H44N8O8/c1-18(2)12-24(31(47)39-23(29(35)45)15-26(34)42)40-32(48)25(14-19-6-4-3-5-7-19)38-28(44)17-36-27(43)16-37-30(46)22(33)13-20-8-10-21(41)11-9-20/h3-11,18,22-25,41H,12-17,33H2,1-2H3,(H2,34,42)(H2,35,45)(H,36,43)(H,37,46)(H,38,44)(H,39,47)(H,40,48)/t22-,23-,24-,25-/m0/s1. The van der Waals surface area contributed by atoms with Gasteiger partial charge in [-0.3, -0.25) is 33.6 Å². The van der Waals surface area contributed by atoms with E-state index in [9.17, 15) is 38.7 Å². The maximum atomic E-state index is 13.5. The van der Waals surface area contributed by atoms with E-state index in [2.05, 4.69) is 26.6 Å². The lowest BCUT2D eigenvalue weighted by Gasteiger charge is -2.25. The van der Waals surface area contributed by atoms with Crippen LogP contribution in [0.1, 0.15) is 37.8 Å². The fraction of sp³-hybridized carbons (Fsp3) is 0.406. The molecule has 7 amide bonds. The first-order valence-corrected chi connectivity index (χ1v) is 15.2. The van der Waals surface area contributed by atoms with Crippen LogP contribution < -0.4 is 43.8 Å². The average molecular weight is 669 g/mol. The number of phenols is 1. The van der Waals surface area contributed by atoms with E-state index in [1.54, 1.807) is 56.3 Å². The highest BCUT2D eigenvalue weighted by atomic mass is 16.3. The molecule has 16 nitrogen and oxygen atoms in total. The van der Waals surface area contributed by atoms with E-state index in [-0.39, 0.29) is 30.9 Å². The molecule has 0 fully saturated rings. The lowest BCUT2D eigenvalue weighted by atomic mass is 10.0. The number of amides is 7. The van der Waals surface area contributed by atoms with E-state index >= 15 is 0 Å². The zero-order valence-corrected chi connectivity index (χ0v) is 26.9. The molecule has 0 saturated carbocycles. The third kappa shape index (κ3) is 14.3. The number of primary amides is 2. The molecule has 12 N–H and O–H groups in total. The van der Waals surface area contributed by atoms with Gasteiger partial charge in [-0.15, -0.1) is 0 Å². The fourth-order valence-electron chi connectivity index (χ4n) is 4.49. The normalized spacial score (nSPS) is 13.2. The van der Waals surface area contributed by atoms with Gasteiger partial charge in [-0.05, 0) is 42.0 Å². The van der Waals surface area contributed by atoms with E-state index < -0.39 is 85.0 Å². The third-order valence-electron chi connectivity index (χ3n) is 6.94. The number of carbonyl (C=O) groups is 7. The van der Waals surface area contributed by atoms with Crippen molar-refractivity contribution in [2.45, 2.75) is 63.7 Å². The van der Waals surface area contributed by atoms with Gasteiger partial charge in [0.25, 0.3) is 0 Å². The van der Waals surface area contributed by atoms with Gasteiger partial charge in [0.2, 0.25) is 41.4 Å². The van der Waals surface area contributed by atoms with Crippen molar-refractivity contribution in [2.24, 2.45) is 23.1 Å². The minimum Gasteiger partial charge on any atom is -0.508 e. The second-order valence-corrected chi connectivity index (χ2v) is 11.6. The van der Waals surface area contributed by atoms with E-state index in [0.29, 0.717) is 11.1 Å². The molecule has 4 atom stereocenters. The molecule has 2 aromatic rings. The summed E-state index contributed by atoms with van der Waals surface area (Å²) in [5, 5.41) is 21.7. The average Bonchev–Trinajstić information content (AvgIpc) is 3.02. The molecule has 0 unspecified atom stereocenters. The zero-order chi connectivity index (χ0) is 35.8. The molecule has 260 valence electrons. The number of phenolic OH excluding ortho intramolecular Hbond substituents is 1. The largest absolute Gasteiger partial charge is 0.508 e. The topological polar surface area (TPSA) is 278 Å². The molecule has 0 aromatic heterocycles. The van der Waals surface area contributed by atoms with Gasteiger partial charge in [-0.1, -0.05) is 56.3 Å². The van der Waals surface area contributed by atoms with Gasteiger partial charge in [-0.2, -0.15) is 0 Å². The van der Waals surface area contributed by atoms with Crippen LogP contribution in [-0.2, 0) is 46.4 Å². The van der Waals surface area contributed by atoms with Gasteiger partial charge in [0.05, 0.1) is 25.6 Å². The Labute approximate surface area is 277 Å². The zero-order valence-electron chi connectivity index (χ0n) is 26.9. The summed E-state index contributed by atoms with van der Waals surface area (Å²) >= 11 is 0. The van der Waals surface area contributed by atoms with Gasteiger partial charge in [0.15, 0.2) is 0 Å². The first-order valence-electron chi connectivity index (χ1n) is 15.2. The van der Waals surface area contributed by atoms with E-state index in [0.717, 1.165) is 0 Å². The van der Waals surface area contributed by atoms with Gasteiger partial charge >= 0.3 is 0 Å². The predicted molar refractivity (Wildman–Crippen MR) is 174 cm³/mol. The number of hydrogen-bond donors (Lipinski definition) is 9. The predicted octanol–water partition coefficient (Wildman–Crippen LogP) is -2.40. The quantitative estimate of drug-likeness (QED) is 0.0770. The van der Waals surface area contributed by atoms with Crippen molar-refractivity contribution in [3.8, 4) is 5.75 Å². The smallest absolute Gasteiger partial charge is 0.243 e. The molecule has 48 heavy (non-hydrogen) atoms. The van der Waals surface area contributed by atoms with Gasteiger partial charge in [0, 0.05) is 6.42 Å². The fourth-order valence-corrected chi connectivity index (χ4v) is 4.49. The van der Waals surface area contributed by atoms with Crippen LogP contribution >= 0.6 is 0 Å². The van der Waals surface area contributed by atoms with Crippen LogP contribution in [0.15, 0.2) is 54.6 Å². The van der Waals surface area contributed by atoms with Crippen LogP contribution in [0.3, 0.4) is 0 Å². The van der Waals surface area contributed by atoms with E-state index in [1.165, 1.54) is 12.1 Å². The third-order valence-corrected chi connectivity index (χ3v) is 6.94. The summed E-state index contributed by atoms with van der Waals surface area (Å²) in [5.74, 6) is -5.38. The van der Waals surface area contributed by atoms with Crippen LogP contribution in [0.2, 0.25) is 0 Å². The Balaban J connectivity index is 2.02. The molecule has 0 radical (unpaired) electrons. The number of rotatable bonds is 19. The van der Waals surface area contributed by atoms with Crippen molar-refractivity contribution in [3.63, 3.8) is 0 Å². The molecule has 0 aliphatic rings. The molecule has 0 spiro atoms. The first-order chi connectivity index (χ1) is 22.6. The maximum Gasteiger partial charge on any atom is 0.243 e. The monoisotopic (exact) mass is 668 g/mol. The Morgan fingerprint density at radius 1 is 0.667 bits per heavy atom. The number of nitrogens with two attached hydrogens (primary N) is 3. The molecule has 2 aromatic carbocycles. The second-order valence-electron chi connectivity index (χ2n) is 11.6. The lowest BCUT2D eigenvalue weighted by molar-refractivity contribution is -0.134. The maximum absolute atomic E-state index is 13.5. The minimum atomic E-state index is -1.38. The number of aromatic hydroxyl groups is 1. The van der Waals surface area contributed by atoms with Crippen LogP contribution in [0.5, 0.6) is 5.75 Å². The molecule has 0 heterocycles. The summed E-state index contributed by atoms with van der Waals surface area (Å²) in [6.45, 7) is 2.62. The number of nitrogens with one attached hydrogen (secondary N) is 5. The summed E-state index contributed by atoms with van der Waals surface area (Å²) in [6.07, 6.45) is -0.188. The Hall–Kier alpha value is -5.51. The molecule has 0 aliphatic heterocycles. The number of hydrogen-bond acceptors (Lipinski definition) is 9. The van der Waals surface area contributed by atoms with Crippen molar-refractivity contribution < 1.29 is 38.7 Å². The number of carbonyl (C=O) groups excluding carboxylic acids is 7. The SMILES string of the molecule is CC(C)C[C@H](NC(=O)[C@H](Cc1ccccc1)NC(=O)CNC(=O)CNC(=O)[C@@H](N)Cc1ccc(O)cc1)C(=O)N[C@@H](CC(N)=O)C(N)=O. The second kappa shape index (κ2) is 19.2. The molecular formula is C32H44N8O8. The molecule has 0 saturated heterocycles. The summed E-state index contributed by atoms with van der Waals surface area (Å²) in [4.78, 5) is 87.2. The summed E-state index contributed by atoms with van der Waals surface area (Å²) in [6, 6.07) is 10.2. The van der Waals surface area contributed by atoms with Crippen molar-refractivity contribution in [3.05, 3.63) is 65.7 Å². The lowest BCUT2D eigenvalue weighted by Crippen LogP contribution is -2.58. The summed E-state index contributed by atoms with van der Waals surface area (Å²) in [7, 11) is 0. The minimum absolute atomic E-state index is 0.0307. The van der Waals surface area contributed by atoms with Gasteiger partial charge in [0.1, 0.15) is 23.9 Å². The van der Waals surface area contributed by atoms with Crippen molar-refractivity contribution in [1.82, 2.24) is 26.6 Å². The molecule has 16 heteroatoms. The van der Waals surface area contributed by atoms with Crippen LogP contribution in [-0.4, -0.2) is 83.7 Å². The highest BCUT2D eigenvalue weighted by molar-refractivity contribution is 5.96. The van der Waals surface area contributed by atoms with Gasteiger partial charge < -0.3 is 48.9 Å². The highest BCUT2D eigenvalue weighted by Crippen LogP contribution is 2.11. The molecule has 2 rings (SSSR count). The molecule has 0 aliphatic carbocycles. The Kier molecular flexibility index (Phi) is 15.5. The van der Waals surface area contributed by atoms with Gasteiger partial charge in [-0.25, -0.2) is 0 Å². The van der Waals surface area contributed by atoms with E-state index in [1.807, 2.05) is 0 Å². The van der Waals surface area contributed by atoms with Crippen molar-refractivity contribution >= 4 is 41.4 Å². The van der Waals surface area contributed by atoms with E-state index in [4.69, 9.17) is 17.2 Å². The van der Waals surface area contributed by atoms with Crippen LogP contribution in [0.25, 0.3) is 0 Å². The molecule has 0 bridgehead atoms. The Bertz CT molecular complexity index is 1440. The van der Waals surface area contributed by atoms with Crippen LogP contribution in [0, 0.1) is 5.92 Å². The highest BCUT2D eigenvalue weighted by Gasteiger charge is 2.30. The Morgan fingerprint density at radius 3 is 1.81 bits per heavy atom. The number of benzene rings is 2. The summed E-state index contributed by atoms with van der Waals surface area (Å²) in [5.41, 5.74) is 17.8.